The number of methoxy groups -OCH3 is 1. The lowest BCUT2D eigenvalue weighted by molar-refractivity contribution is 0.181. The van der Waals surface area contributed by atoms with Crippen molar-refractivity contribution in [1.29, 1.82) is 0 Å². The molecular weight excluding hydrogens is 441 g/mol. The first-order chi connectivity index (χ1) is 12.1. The first kappa shape index (κ1) is 22.2. The maximum absolute atomic E-state index is 10.3. The minimum absolute atomic E-state index is 0. The fraction of sp³-hybridized carbons (Fsp3) is 0.350. The van der Waals surface area contributed by atoms with Crippen LogP contribution >= 0.6 is 24.0 Å². The average molecular weight is 469 g/mol. The smallest absolute Gasteiger partial charge is 0.191 e. The predicted octanol–water partition coefficient (Wildman–Crippen LogP) is 3.41. The van der Waals surface area contributed by atoms with Crippen LogP contribution in [0.3, 0.4) is 0 Å². The van der Waals surface area contributed by atoms with Crippen LogP contribution in [0, 0.1) is 6.92 Å². The van der Waals surface area contributed by atoms with Gasteiger partial charge in [0.2, 0.25) is 0 Å². The van der Waals surface area contributed by atoms with E-state index in [9.17, 15) is 5.11 Å². The van der Waals surface area contributed by atoms with Crippen molar-refractivity contribution >= 4 is 29.9 Å². The molecular formula is C20H28IN3O2. The summed E-state index contributed by atoms with van der Waals surface area (Å²) in [5, 5.41) is 16.7. The van der Waals surface area contributed by atoms with Gasteiger partial charge in [0.05, 0.1) is 19.8 Å². The minimum atomic E-state index is -0.587. The number of hydrogen-bond acceptors (Lipinski definition) is 3. The van der Waals surface area contributed by atoms with Crippen molar-refractivity contribution in [3.8, 4) is 5.75 Å². The Morgan fingerprint density at radius 3 is 2.46 bits per heavy atom. The molecule has 26 heavy (non-hydrogen) atoms. The Bertz CT molecular complexity index is 690. The number of aliphatic imine (C=N–C) groups is 1. The van der Waals surface area contributed by atoms with Crippen molar-refractivity contribution in [2.75, 3.05) is 20.2 Å². The van der Waals surface area contributed by atoms with E-state index < -0.39 is 6.10 Å². The van der Waals surface area contributed by atoms with E-state index in [1.54, 1.807) is 7.11 Å². The molecule has 142 valence electrons. The lowest BCUT2D eigenvalue weighted by Crippen LogP contribution is -2.39. The van der Waals surface area contributed by atoms with Crippen molar-refractivity contribution in [2.24, 2.45) is 4.99 Å². The Kier molecular flexibility index (Phi) is 10.0. The van der Waals surface area contributed by atoms with Gasteiger partial charge in [-0.25, -0.2) is 4.99 Å². The number of aliphatic hydroxyl groups excluding tert-OH is 1. The molecule has 0 saturated heterocycles. The summed E-state index contributed by atoms with van der Waals surface area (Å²) in [5.41, 5.74) is 3.08. The Balaban J connectivity index is 0.00000338. The van der Waals surface area contributed by atoms with Crippen LogP contribution in [-0.4, -0.2) is 31.3 Å². The van der Waals surface area contributed by atoms with Gasteiger partial charge in [-0.05, 0) is 25.5 Å². The lowest BCUT2D eigenvalue weighted by Gasteiger charge is -2.16. The number of aliphatic hydroxyl groups is 1. The highest BCUT2D eigenvalue weighted by Gasteiger charge is 2.08. The summed E-state index contributed by atoms with van der Waals surface area (Å²) in [6.45, 7) is 5.68. The molecule has 5 nitrogen and oxygen atoms in total. The lowest BCUT2D eigenvalue weighted by atomic mass is 10.1. The molecule has 0 aliphatic carbocycles. The molecule has 0 radical (unpaired) electrons. The number of rotatable bonds is 7. The van der Waals surface area contributed by atoms with Crippen LogP contribution in [-0.2, 0) is 6.54 Å². The summed E-state index contributed by atoms with van der Waals surface area (Å²) in [6, 6.07) is 15.7. The number of hydrogen-bond donors (Lipinski definition) is 3. The molecule has 6 heteroatoms. The van der Waals surface area contributed by atoms with Crippen LogP contribution in [0.4, 0.5) is 0 Å². The summed E-state index contributed by atoms with van der Waals surface area (Å²) >= 11 is 0. The zero-order valence-corrected chi connectivity index (χ0v) is 17.9. The molecule has 2 rings (SSSR count). The van der Waals surface area contributed by atoms with Crippen molar-refractivity contribution in [3.63, 3.8) is 0 Å². The van der Waals surface area contributed by atoms with Crippen LogP contribution in [0.25, 0.3) is 0 Å². The molecule has 0 aliphatic rings. The number of ether oxygens (including phenoxy) is 1. The molecule has 1 atom stereocenters. The Labute approximate surface area is 172 Å². The molecule has 2 aromatic carbocycles. The number of benzene rings is 2. The van der Waals surface area contributed by atoms with Gasteiger partial charge in [-0.15, -0.1) is 24.0 Å². The largest absolute Gasteiger partial charge is 0.496 e. The van der Waals surface area contributed by atoms with Gasteiger partial charge in [-0.1, -0.05) is 48.0 Å². The minimum Gasteiger partial charge on any atom is -0.496 e. The van der Waals surface area contributed by atoms with Gasteiger partial charge in [0.25, 0.3) is 0 Å². The summed E-state index contributed by atoms with van der Waals surface area (Å²) in [5.74, 6) is 1.49. The zero-order chi connectivity index (χ0) is 18.1. The second kappa shape index (κ2) is 11.7. The molecule has 0 spiro atoms. The standard InChI is InChI=1S/C20H27N3O2.HI/c1-4-21-20(22-13-17-7-5-6-8-19(17)25-3)23-14-18(24)16-11-9-15(2)10-12-16;/h5-12,18,24H,4,13-14H2,1-3H3,(H2,21,22,23);1H. The molecule has 0 bridgehead atoms. The van der Waals surface area contributed by atoms with E-state index in [0.717, 1.165) is 23.4 Å². The number of para-hydroxylation sites is 1. The maximum atomic E-state index is 10.3. The molecule has 0 aliphatic heterocycles. The maximum Gasteiger partial charge on any atom is 0.191 e. The van der Waals surface area contributed by atoms with Gasteiger partial charge in [0, 0.05) is 18.7 Å². The van der Waals surface area contributed by atoms with Gasteiger partial charge < -0.3 is 20.5 Å². The van der Waals surface area contributed by atoms with Crippen molar-refractivity contribution in [3.05, 3.63) is 65.2 Å². The molecule has 0 saturated carbocycles. The predicted molar refractivity (Wildman–Crippen MR) is 117 cm³/mol. The first-order valence-corrected chi connectivity index (χ1v) is 8.52. The monoisotopic (exact) mass is 469 g/mol. The highest BCUT2D eigenvalue weighted by molar-refractivity contribution is 14.0. The fourth-order valence-corrected chi connectivity index (χ4v) is 2.44. The average Bonchev–Trinajstić information content (AvgIpc) is 2.64. The van der Waals surface area contributed by atoms with Crippen LogP contribution < -0.4 is 15.4 Å². The second-order valence-corrected chi connectivity index (χ2v) is 5.81. The van der Waals surface area contributed by atoms with E-state index >= 15 is 0 Å². The van der Waals surface area contributed by atoms with E-state index in [-0.39, 0.29) is 24.0 Å². The summed E-state index contributed by atoms with van der Waals surface area (Å²) in [6.07, 6.45) is -0.587. The highest BCUT2D eigenvalue weighted by atomic mass is 127. The number of halogens is 1. The molecule has 1 unspecified atom stereocenters. The topological polar surface area (TPSA) is 65.9 Å². The summed E-state index contributed by atoms with van der Waals surface area (Å²) in [4.78, 5) is 4.58. The fourth-order valence-electron chi connectivity index (χ4n) is 2.44. The highest BCUT2D eigenvalue weighted by Crippen LogP contribution is 2.18. The molecule has 0 heterocycles. The number of aryl methyl sites for hydroxylation is 1. The third-order valence-electron chi connectivity index (χ3n) is 3.87. The Hall–Kier alpha value is -1.80. The third-order valence-corrected chi connectivity index (χ3v) is 3.87. The van der Waals surface area contributed by atoms with E-state index in [2.05, 4.69) is 15.6 Å². The van der Waals surface area contributed by atoms with Gasteiger partial charge in [0.1, 0.15) is 5.75 Å². The van der Waals surface area contributed by atoms with Crippen LogP contribution in [0.2, 0.25) is 0 Å². The molecule has 2 aromatic rings. The van der Waals surface area contributed by atoms with Gasteiger partial charge in [-0.2, -0.15) is 0 Å². The van der Waals surface area contributed by atoms with Crippen LogP contribution in [0.15, 0.2) is 53.5 Å². The summed E-state index contributed by atoms with van der Waals surface area (Å²) in [7, 11) is 1.66. The van der Waals surface area contributed by atoms with E-state index in [1.165, 1.54) is 5.56 Å². The third kappa shape index (κ3) is 6.84. The van der Waals surface area contributed by atoms with Crippen LogP contribution in [0.5, 0.6) is 5.75 Å². The molecule has 0 amide bonds. The SMILES string of the molecule is CCNC(=NCc1ccccc1OC)NCC(O)c1ccc(C)cc1.I. The second-order valence-electron chi connectivity index (χ2n) is 5.81. The van der Waals surface area contributed by atoms with Crippen molar-refractivity contribution in [1.82, 2.24) is 10.6 Å². The molecule has 0 fully saturated rings. The molecule has 3 N–H and O–H groups in total. The first-order valence-electron chi connectivity index (χ1n) is 8.52. The van der Waals surface area contributed by atoms with E-state index in [1.807, 2.05) is 62.4 Å². The summed E-state index contributed by atoms with van der Waals surface area (Å²) < 4.78 is 5.35. The quantitative estimate of drug-likeness (QED) is 0.331. The zero-order valence-electron chi connectivity index (χ0n) is 15.5. The number of nitrogens with zero attached hydrogens (tertiary/aromatic N) is 1. The normalized spacial score (nSPS) is 12.1. The van der Waals surface area contributed by atoms with E-state index in [4.69, 9.17) is 4.74 Å². The number of guanidine groups is 1. The van der Waals surface area contributed by atoms with Crippen molar-refractivity contribution < 1.29 is 9.84 Å². The Morgan fingerprint density at radius 1 is 1.12 bits per heavy atom. The van der Waals surface area contributed by atoms with Crippen LogP contribution in [0.1, 0.15) is 29.7 Å². The van der Waals surface area contributed by atoms with Gasteiger partial charge >= 0.3 is 0 Å². The molecule has 0 aromatic heterocycles. The van der Waals surface area contributed by atoms with Gasteiger partial charge in [-0.3, -0.25) is 0 Å². The number of nitrogens with one attached hydrogen (secondary N) is 2. The van der Waals surface area contributed by atoms with Gasteiger partial charge in [0.15, 0.2) is 5.96 Å². The van der Waals surface area contributed by atoms with E-state index in [0.29, 0.717) is 19.0 Å². The Morgan fingerprint density at radius 2 is 1.81 bits per heavy atom. The van der Waals surface area contributed by atoms with Crippen molar-refractivity contribution in [2.45, 2.75) is 26.5 Å².